The molecule has 1 N–H and O–H groups in total. The van der Waals surface area contributed by atoms with Crippen molar-refractivity contribution in [2.24, 2.45) is 0 Å². The number of carbonyl (C=O) groups excluding carboxylic acids is 1. The summed E-state index contributed by atoms with van der Waals surface area (Å²) in [6.45, 7) is 1.79. The molecule has 0 atom stereocenters. The van der Waals surface area contributed by atoms with Gasteiger partial charge in [0, 0.05) is 31.2 Å². The van der Waals surface area contributed by atoms with E-state index < -0.39 is 0 Å². The second kappa shape index (κ2) is 7.04. The molecule has 0 saturated carbocycles. The molecule has 26 heavy (non-hydrogen) atoms. The maximum absolute atomic E-state index is 12.6. The molecule has 3 aromatic rings. The van der Waals surface area contributed by atoms with Crippen molar-refractivity contribution in [3.63, 3.8) is 0 Å². The Balaban J connectivity index is 1.45. The summed E-state index contributed by atoms with van der Waals surface area (Å²) in [5, 5.41) is 4.12. The number of ether oxygens (including phenoxy) is 1. The van der Waals surface area contributed by atoms with Crippen molar-refractivity contribution in [2.75, 3.05) is 13.7 Å². The van der Waals surface area contributed by atoms with Gasteiger partial charge in [-0.05, 0) is 41.3 Å². The first kappa shape index (κ1) is 16.4. The lowest BCUT2D eigenvalue weighted by atomic mass is 10.00. The summed E-state index contributed by atoms with van der Waals surface area (Å²) in [6, 6.07) is 16.0. The van der Waals surface area contributed by atoms with Gasteiger partial charge in [-0.25, -0.2) is 4.79 Å². The smallest absolute Gasteiger partial charge is 0.317 e. The molecule has 1 aromatic heterocycles. The van der Waals surface area contributed by atoms with Crippen LogP contribution in [-0.4, -0.2) is 29.6 Å². The lowest BCUT2D eigenvalue weighted by molar-refractivity contribution is 0.192. The summed E-state index contributed by atoms with van der Waals surface area (Å²) < 4.78 is 5.30. The fourth-order valence-electron chi connectivity index (χ4n) is 3.43. The van der Waals surface area contributed by atoms with E-state index in [0.29, 0.717) is 13.1 Å². The number of rotatable bonds is 3. The lowest BCUT2D eigenvalue weighted by Crippen LogP contribution is -2.42. The quantitative estimate of drug-likeness (QED) is 0.789. The molecule has 5 nitrogen and oxygen atoms in total. The van der Waals surface area contributed by atoms with Crippen LogP contribution in [0.25, 0.3) is 10.9 Å². The normalized spacial score (nSPS) is 13.3. The highest BCUT2D eigenvalue weighted by atomic mass is 16.5. The average Bonchev–Trinajstić information content (AvgIpc) is 2.71. The number of hydrogen-bond donors (Lipinski definition) is 1. The molecule has 2 heterocycles. The first-order chi connectivity index (χ1) is 12.7. The second-order valence-electron chi connectivity index (χ2n) is 6.46. The SMILES string of the molecule is COc1ccc2c(c1)CN(C(=O)NCc1cccc3cccnc13)CC2. The first-order valence-electron chi connectivity index (χ1n) is 8.76. The summed E-state index contributed by atoms with van der Waals surface area (Å²) >= 11 is 0. The molecule has 0 aliphatic carbocycles. The Morgan fingerprint density at radius 2 is 2.08 bits per heavy atom. The van der Waals surface area contributed by atoms with Crippen molar-refractivity contribution in [3.05, 3.63) is 71.4 Å². The van der Waals surface area contributed by atoms with Gasteiger partial charge in [0.15, 0.2) is 0 Å². The number of nitrogens with one attached hydrogen (secondary N) is 1. The van der Waals surface area contributed by atoms with Crippen molar-refractivity contribution < 1.29 is 9.53 Å². The Bertz CT molecular complexity index is 950. The monoisotopic (exact) mass is 347 g/mol. The number of pyridine rings is 1. The van der Waals surface area contributed by atoms with Crippen molar-refractivity contribution in [3.8, 4) is 5.75 Å². The predicted molar refractivity (Wildman–Crippen MR) is 101 cm³/mol. The molecule has 1 aliphatic rings. The topological polar surface area (TPSA) is 54.5 Å². The number of fused-ring (bicyclic) bond motifs is 2. The van der Waals surface area contributed by atoms with Crippen LogP contribution in [0, 0.1) is 0 Å². The molecule has 1 aliphatic heterocycles. The highest BCUT2D eigenvalue weighted by Gasteiger charge is 2.21. The molecule has 2 amide bonds. The maximum Gasteiger partial charge on any atom is 0.317 e. The molecule has 5 heteroatoms. The number of nitrogens with zero attached hydrogens (tertiary/aromatic N) is 2. The molecular weight excluding hydrogens is 326 g/mol. The fourth-order valence-corrected chi connectivity index (χ4v) is 3.43. The van der Waals surface area contributed by atoms with Crippen molar-refractivity contribution in [1.82, 2.24) is 15.2 Å². The van der Waals surface area contributed by atoms with Crippen molar-refractivity contribution in [1.29, 1.82) is 0 Å². The highest BCUT2D eigenvalue weighted by Crippen LogP contribution is 2.24. The molecule has 0 unspecified atom stereocenters. The summed E-state index contributed by atoms with van der Waals surface area (Å²) in [4.78, 5) is 18.9. The molecule has 0 saturated heterocycles. The Morgan fingerprint density at radius 3 is 2.96 bits per heavy atom. The van der Waals surface area contributed by atoms with Gasteiger partial charge >= 0.3 is 6.03 Å². The van der Waals surface area contributed by atoms with E-state index in [1.807, 2.05) is 47.4 Å². The molecule has 0 radical (unpaired) electrons. The molecule has 132 valence electrons. The van der Waals surface area contributed by atoms with Gasteiger partial charge in [0.2, 0.25) is 0 Å². The molecule has 0 bridgehead atoms. The largest absolute Gasteiger partial charge is 0.497 e. The average molecular weight is 347 g/mol. The second-order valence-corrected chi connectivity index (χ2v) is 6.46. The van der Waals surface area contributed by atoms with Crippen molar-refractivity contribution in [2.45, 2.75) is 19.5 Å². The molecule has 2 aromatic carbocycles. The maximum atomic E-state index is 12.6. The standard InChI is InChI=1S/C21H21N3O2/c1-26-19-8-7-15-9-11-24(14-18(15)12-19)21(25)23-13-17-5-2-4-16-6-3-10-22-20(16)17/h2-8,10,12H,9,11,13-14H2,1H3,(H,23,25). The third kappa shape index (κ3) is 3.20. The number of carbonyl (C=O) groups is 1. The summed E-state index contributed by atoms with van der Waals surface area (Å²) in [6.07, 6.45) is 2.64. The van der Waals surface area contributed by atoms with Gasteiger partial charge in [0.25, 0.3) is 0 Å². The summed E-state index contributed by atoms with van der Waals surface area (Å²) in [5.41, 5.74) is 4.39. The van der Waals surface area contributed by atoms with Crippen LogP contribution >= 0.6 is 0 Å². The van der Waals surface area contributed by atoms with E-state index >= 15 is 0 Å². The van der Waals surface area contributed by atoms with Gasteiger partial charge in [0.05, 0.1) is 12.6 Å². The molecule has 4 rings (SSSR count). The number of benzene rings is 2. The van der Waals surface area contributed by atoms with E-state index in [9.17, 15) is 4.79 Å². The Labute approximate surface area is 152 Å². The first-order valence-corrected chi connectivity index (χ1v) is 8.76. The minimum Gasteiger partial charge on any atom is -0.497 e. The van der Waals surface area contributed by atoms with Gasteiger partial charge in [0.1, 0.15) is 5.75 Å². The summed E-state index contributed by atoms with van der Waals surface area (Å²) in [7, 11) is 1.66. The molecule has 0 fully saturated rings. The molecular formula is C21H21N3O2. The van der Waals surface area contributed by atoms with E-state index in [1.165, 1.54) is 5.56 Å². The van der Waals surface area contributed by atoms with E-state index in [-0.39, 0.29) is 6.03 Å². The van der Waals surface area contributed by atoms with Crippen LogP contribution in [0.4, 0.5) is 4.79 Å². The van der Waals surface area contributed by atoms with Crippen molar-refractivity contribution >= 4 is 16.9 Å². The van der Waals surface area contributed by atoms with Crippen LogP contribution in [0.3, 0.4) is 0 Å². The Hall–Kier alpha value is -3.08. The van der Waals surface area contributed by atoms with Crippen LogP contribution in [-0.2, 0) is 19.5 Å². The van der Waals surface area contributed by atoms with Crippen LogP contribution in [0.1, 0.15) is 16.7 Å². The zero-order valence-corrected chi connectivity index (χ0v) is 14.7. The van der Waals surface area contributed by atoms with Crippen LogP contribution < -0.4 is 10.1 Å². The van der Waals surface area contributed by atoms with Gasteiger partial charge in [-0.15, -0.1) is 0 Å². The lowest BCUT2D eigenvalue weighted by Gasteiger charge is -2.29. The van der Waals surface area contributed by atoms with Crippen LogP contribution in [0.5, 0.6) is 5.75 Å². The number of para-hydroxylation sites is 1. The van der Waals surface area contributed by atoms with E-state index in [2.05, 4.69) is 16.4 Å². The molecule has 0 spiro atoms. The number of hydrogen-bond acceptors (Lipinski definition) is 3. The van der Waals surface area contributed by atoms with Crippen LogP contribution in [0.2, 0.25) is 0 Å². The minimum atomic E-state index is -0.0496. The van der Waals surface area contributed by atoms with Gasteiger partial charge in [-0.2, -0.15) is 0 Å². The van der Waals surface area contributed by atoms with Crippen LogP contribution in [0.15, 0.2) is 54.7 Å². The van der Waals surface area contributed by atoms with E-state index in [4.69, 9.17) is 4.74 Å². The van der Waals surface area contributed by atoms with Gasteiger partial charge in [-0.1, -0.05) is 30.3 Å². The van der Waals surface area contributed by atoms with Gasteiger partial charge < -0.3 is 15.0 Å². The van der Waals surface area contributed by atoms with E-state index in [0.717, 1.165) is 40.7 Å². The Morgan fingerprint density at radius 1 is 1.19 bits per heavy atom. The minimum absolute atomic E-state index is 0.0496. The highest BCUT2D eigenvalue weighted by molar-refractivity contribution is 5.82. The van der Waals surface area contributed by atoms with E-state index in [1.54, 1.807) is 13.3 Å². The number of amides is 2. The fraction of sp³-hybridized carbons (Fsp3) is 0.238. The third-order valence-corrected chi connectivity index (χ3v) is 4.86. The Kier molecular flexibility index (Phi) is 4.44. The number of urea groups is 1. The van der Waals surface area contributed by atoms with Gasteiger partial charge in [-0.3, -0.25) is 4.98 Å². The predicted octanol–water partition coefficient (Wildman–Crippen LogP) is 3.51. The zero-order chi connectivity index (χ0) is 17.9. The summed E-state index contributed by atoms with van der Waals surface area (Å²) in [5.74, 6) is 0.827. The zero-order valence-electron chi connectivity index (χ0n) is 14.7. The number of methoxy groups -OCH3 is 1. The third-order valence-electron chi connectivity index (χ3n) is 4.86. The number of aromatic nitrogens is 1.